The van der Waals surface area contributed by atoms with Crippen LogP contribution in [0.2, 0.25) is 0 Å². The van der Waals surface area contributed by atoms with E-state index in [1.807, 2.05) is 18.2 Å². The molecule has 0 aromatic carbocycles. The number of carboxylic acids is 1. The summed E-state index contributed by atoms with van der Waals surface area (Å²) in [5, 5.41) is 7.12. The maximum atomic E-state index is 10.6. The van der Waals surface area contributed by atoms with Gasteiger partial charge in [0.05, 0.1) is 6.33 Å². The Kier molecular flexibility index (Phi) is 7.58. The summed E-state index contributed by atoms with van der Waals surface area (Å²) in [7, 11) is 0. The second-order valence-electron chi connectivity index (χ2n) is 2.59. The van der Waals surface area contributed by atoms with Crippen LogP contribution in [0.3, 0.4) is 0 Å². The maximum absolute atomic E-state index is 10.6. The van der Waals surface area contributed by atoms with Gasteiger partial charge in [0.2, 0.25) is 0 Å². The fourth-order valence-corrected chi connectivity index (χ4v) is 0.528. The number of hydrogen-bond donors (Lipinski definition) is 2. The number of pyridine rings is 1. The molecule has 0 saturated heterocycles. The largest absolute Gasteiger partial charge is 0.490 e. The summed E-state index contributed by atoms with van der Waals surface area (Å²) in [6.45, 7) is 0. The van der Waals surface area contributed by atoms with Crippen LogP contribution in [0.25, 0.3) is 0 Å². The third kappa shape index (κ3) is 10.1. The molecule has 0 unspecified atom stereocenters. The summed E-state index contributed by atoms with van der Waals surface area (Å²) in [5.41, 5.74) is 0. The van der Waals surface area contributed by atoms with Crippen LogP contribution in [0.4, 0.5) is 13.2 Å². The summed E-state index contributed by atoms with van der Waals surface area (Å²) < 4.78 is 31.7. The van der Waals surface area contributed by atoms with E-state index in [2.05, 4.69) is 15.0 Å². The molecule has 0 aliphatic heterocycles. The van der Waals surface area contributed by atoms with E-state index in [1.165, 1.54) is 0 Å². The quantitative estimate of drug-likeness (QED) is 0.761. The Morgan fingerprint density at radius 2 is 1.61 bits per heavy atom. The van der Waals surface area contributed by atoms with Crippen LogP contribution in [0.1, 0.15) is 0 Å². The minimum absolute atomic E-state index is 1.62. The van der Waals surface area contributed by atoms with Crippen molar-refractivity contribution in [3.05, 3.63) is 49.3 Å². The van der Waals surface area contributed by atoms with Crippen molar-refractivity contribution < 1.29 is 23.1 Å². The van der Waals surface area contributed by atoms with Crippen LogP contribution < -0.4 is 0 Å². The molecule has 0 saturated carbocycles. The highest BCUT2D eigenvalue weighted by molar-refractivity contribution is 5.73. The lowest BCUT2D eigenvalue weighted by atomic mass is 10.5. The number of hydrogen-bond acceptors (Lipinski definition) is 3. The van der Waals surface area contributed by atoms with E-state index < -0.39 is 12.1 Å². The van der Waals surface area contributed by atoms with E-state index in [1.54, 1.807) is 31.1 Å². The van der Waals surface area contributed by atoms with Crippen molar-refractivity contribution in [1.29, 1.82) is 0 Å². The van der Waals surface area contributed by atoms with Gasteiger partial charge in [-0.3, -0.25) is 4.98 Å². The monoisotopic (exact) mass is 261 g/mol. The van der Waals surface area contributed by atoms with Gasteiger partial charge in [0.1, 0.15) is 0 Å². The van der Waals surface area contributed by atoms with Crippen molar-refractivity contribution in [2.75, 3.05) is 0 Å². The summed E-state index contributed by atoms with van der Waals surface area (Å²) in [5.74, 6) is -2.76. The number of rotatable bonds is 0. The van der Waals surface area contributed by atoms with Crippen LogP contribution >= 0.6 is 0 Å². The number of alkyl halides is 3. The third-order valence-corrected chi connectivity index (χ3v) is 1.21. The number of carbonyl (C=O) groups is 1. The number of imidazole rings is 1. The normalized spacial score (nSPS) is 9.28. The molecule has 0 aliphatic rings. The molecule has 2 heterocycles. The predicted octanol–water partition coefficient (Wildman–Crippen LogP) is 2.12. The maximum Gasteiger partial charge on any atom is 0.490 e. The lowest BCUT2D eigenvalue weighted by Gasteiger charge is -1.93. The molecule has 18 heavy (non-hydrogen) atoms. The van der Waals surface area contributed by atoms with Gasteiger partial charge in [-0.15, -0.1) is 0 Å². The zero-order valence-electron chi connectivity index (χ0n) is 9.00. The molecule has 2 aromatic rings. The zero-order chi connectivity index (χ0) is 13.9. The standard InChI is InChI=1S/C5H5N.C3H4N2.C2HF3O2/c1-2-4-6-5-3-1;1-2-5-3-4-1;3-2(4,5)1(6)7/h1-5H;1-3H,(H,4,5);(H,6,7). The van der Waals surface area contributed by atoms with Crippen molar-refractivity contribution in [2.24, 2.45) is 0 Å². The molecule has 5 nitrogen and oxygen atoms in total. The Hall–Kier alpha value is -2.38. The van der Waals surface area contributed by atoms with E-state index in [0.717, 1.165) is 0 Å². The van der Waals surface area contributed by atoms with E-state index in [9.17, 15) is 13.2 Å². The smallest absolute Gasteiger partial charge is 0.475 e. The first-order chi connectivity index (χ1) is 8.44. The van der Waals surface area contributed by atoms with E-state index in [4.69, 9.17) is 9.90 Å². The van der Waals surface area contributed by atoms with Crippen LogP contribution in [0.15, 0.2) is 49.3 Å². The topological polar surface area (TPSA) is 78.9 Å². The molecule has 0 fully saturated rings. The number of nitrogens with one attached hydrogen (secondary N) is 1. The number of carboxylic acid groups (broad SMARTS) is 1. The minimum Gasteiger partial charge on any atom is -0.475 e. The molecule has 0 radical (unpaired) electrons. The Morgan fingerprint density at radius 3 is 1.72 bits per heavy atom. The molecule has 98 valence electrons. The molecule has 2 aromatic heterocycles. The van der Waals surface area contributed by atoms with Gasteiger partial charge in [-0.2, -0.15) is 13.2 Å². The van der Waals surface area contributed by atoms with Crippen LogP contribution in [0, 0.1) is 0 Å². The molecular formula is C10H10F3N3O2. The summed E-state index contributed by atoms with van der Waals surface area (Å²) >= 11 is 0. The highest BCUT2D eigenvalue weighted by Crippen LogP contribution is 2.13. The SMILES string of the molecule is O=C(O)C(F)(F)F.c1c[nH]cn1.c1ccncc1. The van der Waals surface area contributed by atoms with Crippen LogP contribution in [-0.2, 0) is 4.79 Å². The first-order valence-corrected chi connectivity index (χ1v) is 4.52. The van der Waals surface area contributed by atoms with Gasteiger partial charge in [0, 0.05) is 24.8 Å². The molecule has 0 bridgehead atoms. The van der Waals surface area contributed by atoms with Gasteiger partial charge >= 0.3 is 12.1 Å². The predicted molar refractivity (Wildman–Crippen MR) is 56.5 cm³/mol. The van der Waals surface area contributed by atoms with Gasteiger partial charge in [-0.1, -0.05) is 6.07 Å². The average molecular weight is 261 g/mol. The first-order valence-electron chi connectivity index (χ1n) is 4.52. The molecule has 0 spiro atoms. The molecule has 0 atom stereocenters. The van der Waals surface area contributed by atoms with Gasteiger partial charge < -0.3 is 10.1 Å². The molecular weight excluding hydrogens is 251 g/mol. The van der Waals surface area contributed by atoms with Crippen LogP contribution in [-0.4, -0.2) is 32.2 Å². The van der Waals surface area contributed by atoms with Crippen molar-refractivity contribution in [3.63, 3.8) is 0 Å². The summed E-state index contributed by atoms with van der Waals surface area (Å²) in [6, 6.07) is 5.72. The van der Waals surface area contributed by atoms with Crippen molar-refractivity contribution in [3.8, 4) is 0 Å². The molecule has 2 rings (SSSR count). The Bertz CT molecular complexity index is 360. The summed E-state index contributed by atoms with van der Waals surface area (Å²) in [6.07, 6.45) is 3.50. The van der Waals surface area contributed by atoms with Gasteiger partial charge in [-0.25, -0.2) is 9.78 Å². The Balaban J connectivity index is 0.000000243. The van der Waals surface area contributed by atoms with Crippen LogP contribution in [0.5, 0.6) is 0 Å². The number of aromatic amines is 1. The second kappa shape index (κ2) is 8.74. The molecule has 2 N–H and O–H groups in total. The van der Waals surface area contributed by atoms with Crippen molar-refractivity contribution in [1.82, 2.24) is 15.0 Å². The number of aromatic nitrogens is 3. The zero-order valence-corrected chi connectivity index (χ0v) is 9.00. The van der Waals surface area contributed by atoms with Crippen molar-refractivity contribution >= 4 is 5.97 Å². The Labute approximate surface area is 100 Å². The fraction of sp³-hybridized carbons (Fsp3) is 0.100. The number of H-pyrrole nitrogens is 1. The van der Waals surface area contributed by atoms with E-state index in [-0.39, 0.29) is 0 Å². The Morgan fingerprint density at radius 1 is 1.06 bits per heavy atom. The minimum atomic E-state index is -5.08. The van der Waals surface area contributed by atoms with Crippen molar-refractivity contribution in [2.45, 2.75) is 6.18 Å². The van der Waals surface area contributed by atoms with Gasteiger partial charge in [0.25, 0.3) is 0 Å². The number of nitrogens with zero attached hydrogens (tertiary/aromatic N) is 2. The third-order valence-electron chi connectivity index (χ3n) is 1.21. The van der Waals surface area contributed by atoms with E-state index in [0.29, 0.717) is 0 Å². The molecule has 0 amide bonds. The molecule has 0 aliphatic carbocycles. The highest BCUT2D eigenvalue weighted by Gasteiger charge is 2.38. The average Bonchev–Trinajstić information content (AvgIpc) is 2.89. The number of aliphatic carboxylic acids is 1. The lowest BCUT2D eigenvalue weighted by molar-refractivity contribution is -0.192. The highest BCUT2D eigenvalue weighted by atomic mass is 19.4. The summed E-state index contributed by atoms with van der Waals surface area (Å²) in [4.78, 5) is 19.1. The van der Waals surface area contributed by atoms with Gasteiger partial charge in [0.15, 0.2) is 0 Å². The first kappa shape index (κ1) is 15.6. The number of halogens is 3. The van der Waals surface area contributed by atoms with Gasteiger partial charge in [-0.05, 0) is 12.1 Å². The van der Waals surface area contributed by atoms with E-state index >= 15 is 0 Å². The lowest BCUT2D eigenvalue weighted by Crippen LogP contribution is -2.21. The fourth-order valence-electron chi connectivity index (χ4n) is 0.528. The molecule has 8 heteroatoms. The second-order valence-corrected chi connectivity index (χ2v) is 2.59.